The highest BCUT2D eigenvalue weighted by atomic mass is 35.5. The second kappa shape index (κ2) is 7.53. The van der Waals surface area contributed by atoms with Crippen LogP contribution in [0.3, 0.4) is 0 Å². The van der Waals surface area contributed by atoms with Crippen LogP contribution >= 0.6 is 11.6 Å². The molecule has 0 aliphatic heterocycles. The Bertz CT molecular complexity index is 423. The summed E-state index contributed by atoms with van der Waals surface area (Å²) >= 11 is 5.85. The summed E-state index contributed by atoms with van der Waals surface area (Å²) in [7, 11) is 0. The van der Waals surface area contributed by atoms with E-state index in [0.29, 0.717) is 10.8 Å². The summed E-state index contributed by atoms with van der Waals surface area (Å²) in [4.78, 5) is 14.5. The standard InChI is InChI=1S/C16H24ClNO2/c1-5-11-18(12-6-2)15(19)16(3,4)20-14-9-7-13(17)8-10-14/h7-10H,5-6,11-12H2,1-4H3. The van der Waals surface area contributed by atoms with Gasteiger partial charge in [-0.15, -0.1) is 0 Å². The van der Waals surface area contributed by atoms with Crippen LogP contribution in [-0.2, 0) is 4.79 Å². The van der Waals surface area contributed by atoms with Gasteiger partial charge in [0, 0.05) is 18.1 Å². The van der Waals surface area contributed by atoms with E-state index in [9.17, 15) is 4.79 Å². The Morgan fingerprint density at radius 1 is 1.15 bits per heavy atom. The average Bonchev–Trinajstić information content (AvgIpc) is 2.40. The van der Waals surface area contributed by atoms with Gasteiger partial charge in [0.05, 0.1) is 0 Å². The van der Waals surface area contributed by atoms with E-state index in [-0.39, 0.29) is 5.91 Å². The number of benzene rings is 1. The fourth-order valence-electron chi connectivity index (χ4n) is 2.08. The van der Waals surface area contributed by atoms with Crippen LogP contribution in [0.5, 0.6) is 5.75 Å². The van der Waals surface area contributed by atoms with Gasteiger partial charge in [-0.1, -0.05) is 25.4 Å². The Balaban J connectivity index is 2.79. The summed E-state index contributed by atoms with van der Waals surface area (Å²) in [6, 6.07) is 7.07. The maximum atomic E-state index is 12.6. The molecule has 0 bridgehead atoms. The van der Waals surface area contributed by atoms with E-state index in [2.05, 4.69) is 13.8 Å². The molecular formula is C16H24ClNO2. The average molecular weight is 298 g/mol. The van der Waals surface area contributed by atoms with Gasteiger partial charge >= 0.3 is 0 Å². The Morgan fingerprint density at radius 3 is 2.10 bits per heavy atom. The number of rotatable bonds is 7. The third-order valence-corrected chi connectivity index (χ3v) is 3.23. The van der Waals surface area contributed by atoms with Gasteiger partial charge in [0.15, 0.2) is 5.60 Å². The van der Waals surface area contributed by atoms with Crippen molar-refractivity contribution in [3.05, 3.63) is 29.3 Å². The molecule has 1 aromatic carbocycles. The molecule has 4 heteroatoms. The van der Waals surface area contributed by atoms with Gasteiger partial charge in [-0.25, -0.2) is 0 Å². The second-order valence-corrected chi connectivity index (χ2v) is 5.79. The minimum atomic E-state index is -0.877. The minimum absolute atomic E-state index is 0.0242. The smallest absolute Gasteiger partial charge is 0.266 e. The monoisotopic (exact) mass is 297 g/mol. The summed E-state index contributed by atoms with van der Waals surface area (Å²) in [6.07, 6.45) is 1.89. The summed E-state index contributed by atoms with van der Waals surface area (Å²) in [6.45, 7) is 9.29. The van der Waals surface area contributed by atoms with Crippen molar-refractivity contribution in [2.24, 2.45) is 0 Å². The van der Waals surface area contributed by atoms with Crippen molar-refractivity contribution in [3.8, 4) is 5.75 Å². The molecule has 3 nitrogen and oxygen atoms in total. The number of carbonyl (C=O) groups excluding carboxylic acids is 1. The lowest BCUT2D eigenvalue weighted by Gasteiger charge is -2.32. The maximum absolute atomic E-state index is 12.6. The van der Waals surface area contributed by atoms with Crippen molar-refractivity contribution in [3.63, 3.8) is 0 Å². The van der Waals surface area contributed by atoms with Gasteiger partial charge in [0.1, 0.15) is 5.75 Å². The number of amides is 1. The Labute approximate surface area is 126 Å². The van der Waals surface area contributed by atoms with Crippen LogP contribution in [0.2, 0.25) is 5.02 Å². The number of ether oxygens (including phenoxy) is 1. The fourth-order valence-corrected chi connectivity index (χ4v) is 2.20. The summed E-state index contributed by atoms with van der Waals surface area (Å²) < 4.78 is 5.84. The number of halogens is 1. The molecule has 112 valence electrons. The first-order valence-corrected chi connectivity index (χ1v) is 7.52. The highest BCUT2D eigenvalue weighted by molar-refractivity contribution is 6.30. The molecule has 0 atom stereocenters. The van der Waals surface area contributed by atoms with E-state index in [1.54, 1.807) is 24.3 Å². The highest BCUT2D eigenvalue weighted by Crippen LogP contribution is 2.22. The van der Waals surface area contributed by atoms with Crippen LogP contribution in [0.1, 0.15) is 40.5 Å². The number of carbonyl (C=O) groups is 1. The first-order valence-electron chi connectivity index (χ1n) is 7.14. The number of nitrogens with zero attached hydrogens (tertiary/aromatic N) is 1. The van der Waals surface area contributed by atoms with Crippen molar-refractivity contribution in [1.29, 1.82) is 0 Å². The predicted octanol–water partition coefficient (Wildman–Crippen LogP) is 4.15. The molecule has 20 heavy (non-hydrogen) atoms. The maximum Gasteiger partial charge on any atom is 0.266 e. The minimum Gasteiger partial charge on any atom is -0.478 e. The van der Waals surface area contributed by atoms with Crippen LogP contribution < -0.4 is 4.74 Å². The molecule has 0 aliphatic carbocycles. The van der Waals surface area contributed by atoms with E-state index in [1.807, 2.05) is 18.7 Å². The summed E-state index contributed by atoms with van der Waals surface area (Å²) in [5.41, 5.74) is -0.877. The molecule has 0 fully saturated rings. The molecule has 0 aliphatic rings. The van der Waals surface area contributed by atoms with E-state index in [4.69, 9.17) is 16.3 Å². The SMILES string of the molecule is CCCN(CCC)C(=O)C(C)(C)Oc1ccc(Cl)cc1. The lowest BCUT2D eigenvalue weighted by Crippen LogP contribution is -2.49. The zero-order valence-electron chi connectivity index (χ0n) is 12.8. The van der Waals surface area contributed by atoms with Gasteiger partial charge in [0.25, 0.3) is 5.91 Å². The lowest BCUT2D eigenvalue weighted by atomic mass is 10.1. The third-order valence-electron chi connectivity index (χ3n) is 2.98. The van der Waals surface area contributed by atoms with E-state index in [0.717, 1.165) is 25.9 Å². The zero-order chi connectivity index (χ0) is 15.2. The molecule has 0 spiro atoms. The van der Waals surface area contributed by atoms with Crippen molar-refractivity contribution in [2.75, 3.05) is 13.1 Å². The van der Waals surface area contributed by atoms with Gasteiger partial charge in [-0.05, 0) is 51.0 Å². The van der Waals surface area contributed by atoms with Crippen LogP contribution in [0.15, 0.2) is 24.3 Å². The molecule has 0 aromatic heterocycles. The number of hydrogen-bond acceptors (Lipinski definition) is 2. The first-order chi connectivity index (χ1) is 9.40. The normalized spacial score (nSPS) is 11.2. The van der Waals surface area contributed by atoms with Crippen molar-refractivity contribution >= 4 is 17.5 Å². The van der Waals surface area contributed by atoms with Gasteiger partial charge in [-0.2, -0.15) is 0 Å². The van der Waals surface area contributed by atoms with Gasteiger partial charge in [-0.3, -0.25) is 4.79 Å². The largest absolute Gasteiger partial charge is 0.478 e. The topological polar surface area (TPSA) is 29.5 Å². The molecule has 0 saturated heterocycles. The molecule has 0 saturated carbocycles. The summed E-state index contributed by atoms with van der Waals surface area (Å²) in [5.74, 6) is 0.678. The Kier molecular flexibility index (Phi) is 6.34. The van der Waals surface area contributed by atoms with Crippen LogP contribution in [0.25, 0.3) is 0 Å². The Hall–Kier alpha value is -1.22. The van der Waals surface area contributed by atoms with E-state index < -0.39 is 5.60 Å². The second-order valence-electron chi connectivity index (χ2n) is 5.36. The number of hydrogen-bond donors (Lipinski definition) is 0. The molecule has 0 radical (unpaired) electrons. The molecule has 0 unspecified atom stereocenters. The van der Waals surface area contributed by atoms with Gasteiger partial charge < -0.3 is 9.64 Å². The predicted molar refractivity (Wildman–Crippen MR) is 83.3 cm³/mol. The van der Waals surface area contributed by atoms with Crippen molar-refractivity contribution < 1.29 is 9.53 Å². The molecule has 0 heterocycles. The highest BCUT2D eigenvalue weighted by Gasteiger charge is 2.33. The molecule has 1 aromatic rings. The fraction of sp³-hybridized carbons (Fsp3) is 0.562. The molecular weight excluding hydrogens is 274 g/mol. The quantitative estimate of drug-likeness (QED) is 0.757. The first kappa shape index (κ1) is 16.8. The molecule has 1 rings (SSSR count). The third kappa shape index (κ3) is 4.71. The van der Waals surface area contributed by atoms with Crippen LogP contribution in [0.4, 0.5) is 0 Å². The molecule has 1 amide bonds. The van der Waals surface area contributed by atoms with Gasteiger partial charge in [0.2, 0.25) is 0 Å². The lowest BCUT2D eigenvalue weighted by molar-refractivity contribution is -0.145. The van der Waals surface area contributed by atoms with Crippen LogP contribution in [-0.4, -0.2) is 29.5 Å². The van der Waals surface area contributed by atoms with Crippen LogP contribution in [0, 0.1) is 0 Å². The van der Waals surface area contributed by atoms with Crippen molar-refractivity contribution in [1.82, 2.24) is 4.90 Å². The zero-order valence-corrected chi connectivity index (χ0v) is 13.5. The summed E-state index contributed by atoms with van der Waals surface area (Å²) in [5, 5.41) is 0.653. The van der Waals surface area contributed by atoms with Crippen molar-refractivity contribution in [2.45, 2.75) is 46.1 Å². The Morgan fingerprint density at radius 2 is 1.65 bits per heavy atom. The van der Waals surface area contributed by atoms with E-state index >= 15 is 0 Å². The molecule has 0 N–H and O–H groups in total. The van der Waals surface area contributed by atoms with E-state index in [1.165, 1.54) is 0 Å².